The summed E-state index contributed by atoms with van der Waals surface area (Å²) in [6.07, 6.45) is 16.8. The summed E-state index contributed by atoms with van der Waals surface area (Å²) in [4.78, 5) is 0. The minimum atomic E-state index is -1.48. The monoisotopic (exact) mass is 470 g/mol. The van der Waals surface area contributed by atoms with Crippen molar-refractivity contribution in [2.24, 2.45) is 40.4 Å². The van der Waals surface area contributed by atoms with Crippen LogP contribution in [0.25, 0.3) is 0 Å². The highest BCUT2D eigenvalue weighted by Gasteiger charge is 2.57. The van der Waals surface area contributed by atoms with Gasteiger partial charge < -0.3 is 4.43 Å². The third-order valence-electron chi connectivity index (χ3n) is 10.9. The maximum Gasteiger partial charge on any atom is 0.184 e. The molecule has 188 valence electrons. The van der Waals surface area contributed by atoms with Crippen LogP contribution in [0.15, 0.2) is 22.8 Å². The lowest BCUT2D eigenvalue weighted by Gasteiger charge is -2.59. The summed E-state index contributed by atoms with van der Waals surface area (Å²) < 4.78 is 6.72. The molecule has 1 nitrogen and oxygen atoms in total. The summed E-state index contributed by atoms with van der Waals surface area (Å²) in [5.41, 5.74) is 6.38. The minimum Gasteiger partial charge on any atom is -0.414 e. The second kappa shape index (κ2) is 9.27. The first-order chi connectivity index (χ1) is 15.4. The molecular weight excluding hydrogens is 416 g/mol. The zero-order valence-corrected chi connectivity index (χ0v) is 24.5. The fourth-order valence-corrected chi connectivity index (χ4v) is 10.6. The van der Waals surface area contributed by atoms with E-state index >= 15 is 0 Å². The van der Waals surface area contributed by atoms with Crippen molar-refractivity contribution in [2.45, 2.75) is 131 Å². The maximum atomic E-state index is 6.72. The van der Waals surface area contributed by atoms with Crippen molar-refractivity contribution in [3.63, 3.8) is 0 Å². The fourth-order valence-electron chi connectivity index (χ4n) is 9.34. The topological polar surface area (TPSA) is 9.23 Å². The van der Waals surface area contributed by atoms with Crippen molar-refractivity contribution in [1.82, 2.24) is 0 Å². The van der Waals surface area contributed by atoms with Gasteiger partial charge in [-0.15, -0.1) is 0 Å². The molecule has 1 unspecified atom stereocenters. The Morgan fingerprint density at radius 2 is 1.79 bits per heavy atom. The van der Waals surface area contributed by atoms with E-state index in [0.717, 1.165) is 29.6 Å². The van der Waals surface area contributed by atoms with Gasteiger partial charge in [0.05, 0.1) is 0 Å². The molecule has 0 N–H and O–H groups in total. The number of allylic oxidation sites excluding steroid dienone is 4. The highest BCUT2D eigenvalue weighted by molar-refractivity contribution is 6.69. The van der Waals surface area contributed by atoms with Gasteiger partial charge in [0.1, 0.15) is 0 Å². The minimum absolute atomic E-state index is 0.489. The third kappa shape index (κ3) is 4.74. The van der Waals surface area contributed by atoms with Gasteiger partial charge in [0.2, 0.25) is 0 Å². The molecule has 3 saturated carbocycles. The molecule has 4 rings (SSSR count). The number of fused-ring (bicyclic) bond motifs is 4. The first-order valence-corrected chi connectivity index (χ1v) is 17.8. The van der Waals surface area contributed by atoms with Gasteiger partial charge in [-0.25, -0.2) is 0 Å². The average Bonchev–Trinajstić information content (AvgIpc) is 3.06. The lowest BCUT2D eigenvalue weighted by molar-refractivity contribution is -0.0718. The van der Waals surface area contributed by atoms with E-state index in [4.69, 9.17) is 4.43 Å². The summed E-state index contributed by atoms with van der Waals surface area (Å²) in [6.45, 7) is 22.1. The Balaban J connectivity index is 1.54. The van der Waals surface area contributed by atoms with E-state index in [1.165, 1.54) is 69.8 Å². The van der Waals surface area contributed by atoms with Gasteiger partial charge in [0, 0.05) is 6.10 Å². The molecule has 33 heavy (non-hydrogen) atoms. The van der Waals surface area contributed by atoms with Crippen LogP contribution in [0.4, 0.5) is 0 Å². The standard InChI is InChI=1S/C31H54OSi/c1-21(2)11-10-12-22(3)25-15-16-27-24-13-14-26-23(4)29(32-33(7,8)9)18-20-31(26,6)28(24)17-19-30(25,27)5/h11,22-23,25-26,28-29H,10,12-20H2,1-9H3/t22-,23+,25-,26?,28+,29+,30-,31+/m1/s1. The molecule has 0 amide bonds. The van der Waals surface area contributed by atoms with Gasteiger partial charge >= 0.3 is 0 Å². The van der Waals surface area contributed by atoms with Crippen LogP contribution in [0.2, 0.25) is 19.6 Å². The van der Waals surface area contributed by atoms with Gasteiger partial charge in [-0.1, -0.05) is 50.5 Å². The van der Waals surface area contributed by atoms with E-state index < -0.39 is 8.32 Å². The molecular formula is C31H54OSi. The summed E-state index contributed by atoms with van der Waals surface area (Å²) >= 11 is 0. The van der Waals surface area contributed by atoms with Gasteiger partial charge in [-0.2, -0.15) is 0 Å². The molecule has 0 aromatic carbocycles. The Bertz CT molecular complexity index is 783. The van der Waals surface area contributed by atoms with Crippen molar-refractivity contribution in [3.8, 4) is 0 Å². The lowest BCUT2D eigenvalue weighted by Crippen LogP contribution is -2.53. The SMILES string of the molecule is CC(C)=CCC[C@@H](C)[C@H]1CCC2=C3CCC4[C@H](C)[C@@H](O[Si](C)(C)C)CC[C@]4(C)[C@H]3CC[C@@]21C. The van der Waals surface area contributed by atoms with Crippen LogP contribution in [-0.4, -0.2) is 14.4 Å². The van der Waals surface area contributed by atoms with Crippen LogP contribution >= 0.6 is 0 Å². The molecule has 0 saturated heterocycles. The first kappa shape index (κ1) is 25.7. The Morgan fingerprint density at radius 1 is 1.06 bits per heavy atom. The largest absolute Gasteiger partial charge is 0.414 e. The number of hydrogen-bond donors (Lipinski definition) is 0. The van der Waals surface area contributed by atoms with Crippen LogP contribution in [0.1, 0.15) is 106 Å². The van der Waals surface area contributed by atoms with Crippen molar-refractivity contribution < 1.29 is 4.43 Å². The van der Waals surface area contributed by atoms with E-state index in [1.807, 2.05) is 11.1 Å². The van der Waals surface area contributed by atoms with Crippen molar-refractivity contribution in [3.05, 3.63) is 22.8 Å². The maximum absolute atomic E-state index is 6.72. The predicted octanol–water partition coefficient (Wildman–Crippen LogP) is 9.56. The molecule has 0 spiro atoms. The zero-order valence-electron chi connectivity index (χ0n) is 23.5. The number of hydrogen-bond acceptors (Lipinski definition) is 1. The molecule has 8 atom stereocenters. The summed E-state index contributed by atoms with van der Waals surface area (Å²) in [6, 6.07) is 0. The Hall–Kier alpha value is -0.343. The van der Waals surface area contributed by atoms with E-state index in [9.17, 15) is 0 Å². The summed E-state index contributed by atoms with van der Waals surface area (Å²) in [7, 11) is -1.48. The van der Waals surface area contributed by atoms with E-state index in [1.54, 1.807) is 0 Å². The molecule has 4 aliphatic carbocycles. The van der Waals surface area contributed by atoms with Gasteiger partial charge in [-0.3, -0.25) is 0 Å². The quantitative estimate of drug-likeness (QED) is 0.277. The Morgan fingerprint density at radius 3 is 2.45 bits per heavy atom. The second-order valence-electron chi connectivity index (χ2n) is 14.3. The van der Waals surface area contributed by atoms with Crippen LogP contribution < -0.4 is 0 Å². The molecule has 0 radical (unpaired) electrons. The summed E-state index contributed by atoms with van der Waals surface area (Å²) in [5, 5.41) is 0. The highest BCUT2D eigenvalue weighted by Crippen LogP contribution is 2.66. The third-order valence-corrected chi connectivity index (χ3v) is 11.9. The lowest BCUT2D eigenvalue weighted by atomic mass is 9.47. The number of rotatable bonds is 6. The van der Waals surface area contributed by atoms with Gasteiger partial charge in [0.15, 0.2) is 8.32 Å². The fraction of sp³-hybridized carbons (Fsp3) is 0.871. The van der Waals surface area contributed by atoms with Crippen LogP contribution in [-0.2, 0) is 4.43 Å². The van der Waals surface area contributed by atoms with Crippen molar-refractivity contribution in [2.75, 3.05) is 0 Å². The molecule has 2 heteroatoms. The molecule has 3 fully saturated rings. The van der Waals surface area contributed by atoms with Crippen LogP contribution in [0.3, 0.4) is 0 Å². The van der Waals surface area contributed by atoms with E-state index in [2.05, 4.69) is 67.3 Å². The molecule has 0 aromatic heterocycles. The molecule has 0 aliphatic heterocycles. The van der Waals surface area contributed by atoms with E-state index in [-0.39, 0.29) is 0 Å². The Labute approximate surface area is 207 Å². The highest BCUT2D eigenvalue weighted by atomic mass is 28.4. The zero-order chi connectivity index (χ0) is 24.2. The average molecular weight is 471 g/mol. The van der Waals surface area contributed by atoms with E-state index in [0.29, 0.717) is 16.9 Å². The van der Waals surface area contributed by atoms with Crippen LogP contribution in [0.5, 0.6) is 0 Å². The predicted molar refractivity (Wildman–Crippen MR) is 146 cm³/mol. The van der Waals surface area contributed by atoms with Crippen molar-refractivity contribution in [1.29, 1.82) is 0 Å². The van der Waals surface area contributed by atoms with Crippen LogP contribution in [0, 0.1) is 40.4 Å². The molecule has 0 aromatic rings. The molecule has 0 bridgehead atoms. The smallest absolute Gasteiger partial charge is 0.184 e. The summed E-state index contributed by atoms with van der Waals surface area (Å²) in [5.74, 6) is 4.18. The first-order valence-electron chi connectivity index (χ1n) is 14.4. The second-order valence-corrected chi connectivity index (χ2v) is 18.8. The van der Waals surface area contributed by atoms with Gasteiger partial charge in [0.25, 0.3) is 0 Å². The molecule has 0 heterocycles. The van der Waals surface area contributed by atoms with Crippen molar-refractivity contribution >= 4 is 8.32 Å². The van der Waals surface area contributed by atoms with Gasteiger partial charge in [-0.05, 0) is 138 Å². The molecule has 4 aliphatic rings. The normalized spacial score (nSPS) is 41.8. The Kier molecular flexibility index (Phi) is 7.23.